The Morgan fingerprint density at radius 3 is 2.55 bits per heavy atom. The molecule has 0 aromatic heterocycles. The second-order valence-corrected chi connectivity index (χ2v) is 5.23. The molecule has 0 radical (unpaired) electrons. The van der Waals surface area contributed by atoms with E-state index in [0.717, 1.165) is 24.0 Å². The van der Waals surface area contributed by atoms with Gasteiger partial charge >= 0.3 is 12.0 Å². The van der Waals surface area contributed by atoms with E-state index in [1.807, 2.05) is 0 Å². The number of nitrogens with zero attached hydrogens (tertiary/aromatic N) is 1. The standard InChI is InChI=1S/C15H16N2O3/c18-14(19)10-5-6-11-8-17(9-12(11)7-10)15(20)16-13-3-1-2-4-13/h1-2,5-7,13H,3-4,8-9H2,(H,16,20)(H,18,19). The number of fused-ring (bicyclic) bond motifs is 1. The summed E-state index contributed by atoms with van der Waals surface area (Å²) in [7, 11) is 0. The summed E-state index contributed by atoms with van der Waals surface area (Å²) in [6.07, 6.45) is 5.91. The highest BCUT2D eigenvalue weighted by atomic mass is 16.4. The molecule has 0 fully saturated rings. The minimum atomic E-state index is -0.937. The van der Waals surface area contributed by atoms with Gasteiger partial charge in [0.2, 0.25) is 0 Å². The first-order valence-electron chi connectivity index (χ1n) is 6.69. The fourth-order valence-corrected chi connectivity index (χ4v) is 2.67. The maximum Gasteiger partial charge on any atom is 0.335 e. The quantitative estimate of drug-likeness (QED) is 0.810. The number of hydrogen-bond acceptors (Lipinski definition) is 2. The molecule has 2 amide bonds. The van der Waals surface area contributed by atoms with Crippen molar-refractivity contribution in [2.45, 2.75) is 32.0 Å². The highest BCUT2D eigenvalue weighted by Gasteiger charge is 2.25. The van der Waals surface area contributed by atoms with Crippen LogP contribution in [0.15, 0.2) is 30.4 Å². The van der Waals surface area contributed by atoms with Crippen LogP contribution in [0.25, 0.3) is 0 Å². The number of aromatic carboxylic acids is 1. The van der Waals surface area contributed by atoms with Gasteiger partial charge in [-0.05, 0) is 36.1 Å². The summed E-state index contributed by atoms with van der Waals surface area (Å²) in [5, 5.41) is 12.0. The highest BCUT2D eigenvalue weighted by molar-refractivity contribution is 5.88. The van der Waals surface area contributed by atoms with Gasteiger partial charge in [-0.2, -0.15) is 0 Å². The molecule has 2 N–H and O–H groups in total. The lowest BCUT2D eigenvalue weighted by atomic mass is 10.1. The van der Waals surface area contributed by atoms with Crippen LogP contribution < -0.4 is 5.32 Å². The first-order chi connectivity index (χ1) is 9.63. The van der Waals surface area contributed by atoms with Gasteiger partial charge in [0.15, 0.2) is 0 Å². The van der Waals surface area contributed by atoms with E-state index in [4.69, 9.17) is 5.11 Å². The summed E-state index contributed by atoms with van der Waals surface area (Å²) in [5.41, 5.74) is 2.21. The molecule has 0 saturated heterocycles. The molecule has 5 heteroatoms. The van der Waals surface area contributed by atoms with Gasteiger partial charge in [-0.1, -0.05) is 18.2 Å². The van der Waals surface area contributed by atoms with E-state index in [1.54, 1.807) is 23.1 Å². The third-order valence-corrected chi connectivity index (χ3v) is 3.80. The average molecular weight is 272 g/mol. The Bertz CT molecular complexity index is 587. The summed E-state index contributed by atoms with van der Waals surface area (Å²) >= 11 is 0. The SMILES string of the molecule is O=C(O)c1ccc2c(c1)CN(C(=O)NC1CC=CC1)C2. The van der Waals surface area contributed by atoms with Crippen molar-refractivity contribution >= 4 is 12.0 Å². The topological polar surface area (TPSA) is 69.6 Å². The minimum Gasteiger partial charge on any atom is -0.478 e. The number of carboxylic acid groups (broad SMARTS) is 1. The summed E-state index contributed by atoms with van der Waals surface area (Å²) in [5.74, 6) is -0.937. The zero-order chi connectivity index (χ0) is 14.1. The van der Waals surface area contributed by atoms with Crippen molar-refractivity contribution < 1.29 is 14.7 Å². The van der Waals surface area contributed by atoms with Crippen molar-refractivity contribution in [1.82, 2.24) is 10.2 Å². The number of carbonyl (C=O) groups excluding carboxylic acids is 1. The van der Waals surface area contributed by atoms with Crippen LogP contribution in [-0.4, -0.2) is 28.0 Å². The lowest BCUT2D eigenvalue weighted by molar-refractivity contribution is 0.0696. The number of carboxylic acids is 1. The Balaban J connectivity index is 1.67. The molecule has 5 nitrogen and oxygen atoms in total. The Hall–Kier alpha value is -2.30. The van der Waals surface area contributed by atoms with Crippen LogP contribution in [0.4, 0.5) is 4.79 Å². The molecule has 1 aliphatic heterocycles. The molecule has 0 atom stereocenters. The van der Waals surface area contributed by atoms with Gasteiger partial charge in [0.25, 0.3) is 0 Å². The van der Waals surface area contributed by atoms with Crippen molar-refractivity contribution in [3.63, 3.8) is 0 Å². The molecule has 0 saturated carbocycles. The molecule has 1 aliphatic carbocycles. The molecular formula is C15H16N2O3. The maximum absolute atomic E-state index is 12.2. The zero-order valence-electron chi connectivity index (χ0n) is 11.0. The van der Waals surface area contributed by atoms with Crippen LogP contribution in [0.1, 0.15) is 34.3 Å². The molecule has 104 valence electrons. The predicted octanol–water partition coefficient (Wildman–Crippen LogP) is 2.13. The van der Waals surface area contributed by atoms with E-state index in [-0.39, 0.29) is 17.6 Å². The van der Waals surface area contributed by atoms with E-state index < -0.39 is 5.97 Å². The fraction of sp³-hybridized carbons (Fsp3) is 0.333. The summed E-state index contributed by atoms with van der Waals surface area (Å²) in [4.78, 5) is 24.8. The number of urea groups is 1. The summed E-state index contributed by atoms with van der Waals surface area (Å²) in [6, 6.07) is 5.15. The van der Waals surface area contributed by atoms with Gasteiger partial charge in [0.05, 0.1) is 5.56 Å². The minimum absolute atomic E-state index is 0.0771. The van der Waals surface area contributed by atoms with Crippen molar-refractivity contribution in [2.75, 3.05) is 0 Å². The average Bonchev–Trinajstić information content (AvgIpc) is 3.05. The number of nitrogens with one attached hydrogen (secondary N) is 1. The molecule has 2 aliphatic rings. The second kappa shape index (κ2) is 5.00. The van der Waals surface area contributed by atoms with Crippen molar-refractivity contribution in [3.05, 3.63) is 47.0 Å². The van der Waals surface area contributed by atoms with Crippen LogP contribution >= 0.6 is 0 Å². The lowest BCUT2D eigenvalue weighted by Gasteiger charge is -2.19. The van der Waals surface area contributed by atoms with Gasteiger partial charge < -0.3 is 15.3 Å². The number of carbonyl (C=O) groups is 2. The molecule has 1 aromatic carbocycles. The molecule has 20 heavy (non-hydrogen) atoms. The normalized spacial score (nSPS) is 17.3. The number of hydrogen-bond donors (Lipinski definition) is 2. The summed E-state index contributed by atoms with van der Waals surface area (Å²) < 4.78 is 0. The Morgan fingerprint density at radius 2 is 1.85 bits per heavy atom. The highest BCUT2D eigenvalue weighted by Crippen LogP contribution is 2.24. The number of amides is 2. The Labute approximate surface area is 116 Å². The van der Waals surface area contributed by atoms with E-state index in [2.05, 4.69) is 17.5 Å². The van der Waals surface area contributed by atoms with Crippen molar-refractivity contribution in [1.29, 1.82) is 0 Å². The van der Waals surface area contributed by atoms with Crippen LogP contribution in [-0.2, 0) is 13.1 Å². The molecule has 1 heterocycles. The third kappa shape index (κ3) is 2.39. The molecule has 0 spiro atoms. The number of rotatable bonds is 2. The second-order valence-electron chi connectivity index (χ2n) is 5.23. The Kier molecular flexibility index (Phi) is 3.18. The van der Waals surface area contributed by atoms with E-state index >= 15 is 0 Å². The van der Waals surface area contributed by atoms with E-state index in [1.165, 1.54) is 0 Å². The van der Waals surface area contributed by atoms with Gasteiger partial charge in [0, 0.05) is 19.1 Å². The van der Waals surface area contributed by atoms with Gasteiger partial charge in [-0.15, -0.1) is 0 Å². The van der Waals surface area contributed by atoms with Crippen LogP contribution in [0, 0.1) is 0 Å². The zero-order valence-corrected chi connectivity index (χ0v) is 11.0. The van der Waals surface area contributed by atoms with Crippen molar-refractivity contribution in [2.24, 2.45) is 0 Å². The third-order valence-electron chi connectivity index (χ3n) is 3.80. The first-order valence-corrected chi connectivity index (χ1v) is 6.69. The van der Waals surface area contributed by atoms with Gasteiger partial charge in [-0.25, -0.2) is 9.59 Å². The summed E-state index contributed by atoms with van der Waals surface area (Å²) in [6.45, 7) is 1.02. The van der Waals surface area contributed by atoms with E-state index in [0.29, 0.717) is 13.1 Å². The monoisotopic (exact) mass is 272 g/mol. The molecule has 3 rings (SSSR count). The van der Waals surface area contributed by atoms with E-state index in [9.17, 15) is 9.59 Å². The van der Waals surface area contributed by atoms with Gasteiger partial charge in [-0.3, -0.25) is 0 Å². The lowest BCUT2D eigenvalue weighted by Crippen LogP contribution is -2.41. The molecule has 0 bridgehead atoms. The largest absolute Gasteiger partial charge is 0.478 e. The predicted molar refractivity (Wildman–Crippen MR) is 73.3 cm³/mol. The Morgan fingerprint density at radius 1 is 1.15 bits per heavy atom. The van der Waals surface area contributed by atoms with Crippen LogP contribution in [0.3, 0.4) is 0 Å². The van der Waals surface area contributed by atoms with Gasteiger partial charge in [0.1, 0.15) is 0 Å². The maximum atomic E-state index is 12.2. The van der Waals surface area contributed by atoms with Crippen molar-refractivity contribution in [3.8, 4) is 0 Å². The first kappa shape index (κ1) is 12.7. The molecular weight excluding hydrogens is 256 g/mol. The molecule has 0 unspecified atom stereocenters. The van der Waals surface area contributed by atoms with Crippen LogP contribution in [0.2, 0.25) is 0 Å². The fourth-order valence-electron chi connectivity index (χ4n) is 2.67. The molecule has 1 aromatic rings. The van der Waals surface area contributed by atoms with Crippen LogP contribution in [0.5, 0.6) is 0 Å². The number of benzene rings is 1. The smallest absolute Gasteiger partial charge is 0.335 e.